The van der Waals surface area contributed by atoms with Crippen LogP contribution < -0.4 is 5.32 Å². The first-order valence-corrected chi connectivity index (χ1v) is 6.96. The molecule has 0 spiro atoms. The molecule has 1 heterocycles. The predicted octanol–water partition coefficient (Wildman–Crippen LogP) is 1.81. The Balaban J connectivity index is 2.46. The van der Waals surface area contributed by atoms with E-state index in [2.05, 4.69) is 42.9 Å². The SMILES string of the molecule is CCCC(NCC)C1CSCCN1C. The van der Waals surface area contributed by atoms with Gasteiger partial charge in [0.1, 0.15) is 0 Å². The van der Waals surface area contributed by atoms with Crippen LogP contribution in [0.15, 0.2) is 0 Å². The summed E-state index contributed by atoms with van der Waals surface area (Å²) in [5.74, 6) is 2.60. The number of nitrogens with zero attached hydrogens (tertiary/aromatic N) is 1. The minimum atomic E-state index is 0.697. The maximum atomic E-state index is 3.63. The summed E-state index contributed by atoms with van der Waals surface area (Å²) in [4.78, 5) is 2.53. The molecular weight excluding hydrogens is 192 g/mol. The second-order valence-corrected chi connectivity index (χ2v) is 5.23. The number of rotatable bonds is 5. The van der Waals surface area contributed by atoms with Crippen LogP contribution in [-0.2, 0) is 0 Å². The highest BCUT2D eigenvalue weighted by molar-refractivity contribution is 7.99. The second kappa shape index (κ2) is 6.70. The molecular formula is C11H24N2S. The molecule has 2 nitrogen and oxygen atoms in total. The van der Waals surface area contributed by atoms with Crippen LogP contribution in [0.5, 0.6) is 0 Å². The lowest BCUT2D eigenvalue weighted by Gasteiger charge is -2.38. The Morgan fingerprint density at radius 3 is 2.86 bits per heavy atom. The summed E-state index contributed by atoms with van der Waals surface area (Å²) >= 11 is 2.11. The van der Waals surface area contributed by atoms with Gasteiger partial charge in [-0.15, -0.1) is 0 Å². The van der Waals surface area contributed by atoms with E-state index in [1.807, 2.05) is 0 Å². The van der Waals surface area contributed by atoms with Crippen molar-refractivity contribution < 1.29 is 0 Å². The van der Waals surface area contributed by atoms with Crippen LogP contribution in [0.25, 0.3) is 0 Å². The number of nitrogens with one attached hydrogen (secondary N) is 1. The zero-order valence-corrected chi connectivity index (χ0v) is 10.6. The van der Waals surface area contributed by atoms with Gasteiger partial charge in [-0.25, -0.2) is 0 Å². The van der Waals surface area contributed by atoms with Crippen LogP contribution >= 0.6 is 11.8 Å². The molecule has 0 aliphatic carbocycles. The Labute approximate surface area is 92.8 Å². The number of likely N-dealkylation sites (N-methyl/N-ethyl adjacent to an activating group) is 2. The molecule has 0 aromatic rings. The first kappa shape index (κ1) is 12.3. The van der Waals surface area contributed by atoms with Crippen molar-refractivity contribution in [2.45, 2.75) is 38.8 Å². The quantitative estimate of drug-likeness (QED) is 0.754. The molecule has 1 aliphatic heterocycles. The van der Waals surface area contributed by atoms with E-state index in [0.29, 0.717) is 6.04 Å². The summed E-state index contributed by atoms with van der Waals surface area (Å²) in [6.07, 6.45) is 2.59. The fraction of sp³-hybridized carbons (Fsp3) is 1.00. The molecule has 1 fully saturated rings. The number of hydrogen-bond donors (Lipinski definition) is 1. The highest BCUT2D eigenvalue weighted by Gasteiger charge is 2.26. The summed E-state index contributed by atoms with van der Waals surface area (Å²) < 4.78 is 0. The van der Waals surface area contributed by atoms with Crippen molar-refractivity contribution >= 4 is 11.8 Å². The molecule has 0 aromatic heterocycles. The standard InChI is InChI=1S/C11H24N2S/c1-4-6-10(12-5-2)11-9-14-8-7-13(11)3/h10-12H,4-9H2,1-3H3. The number of thioether (sulfide) groups is 1. The Hall–Kier alpha value is 0.270. The number of hydrogen-bond acceptors (Lipinski definition) is 3. The van der Waals surface area contributed by atoms with Gasteiger partial charge >= 0.3 is 0 Å². The summed E-state index contributed by atoms with van der Waals surface area (Å²) in [5, 5.41) is 3.63. The minimum Gasteiger partial charge on any atom is -0.313 e. The van der Waals surface area contributed by atoms with E-state index in [4.69, 9.17) is 0 Å². The van der Waals surface area contributed by atoms with E-state index < -0.39 is 0 Å². The van der Waals surface area contributed by atoms with Gasteiger partial charge in [0, 0.05) is 30.1 Å². The van der Waals surface area contributed by atoms with Crippen molar-refractivity contribution in [1.29, 1.82) is 0 Å². The molecule has 0 bridgehead atoms. The van der Waals surface area contributed by atoms with Crippen molar-refractivity contribution in [2.75, 3.05) is 31.6 Å². The van der Waals surface area contributed by atoms with Gasteiger partial charge in [-0.1, -0.05) is 20.3 Å². The van der Waals surface area contributed by atoms with Gasteiger partial charge in [-0.3, -0.25) is 0 Å². The molecule has 2 atom stereocenters. The zero-order chi connectivity index (χ0) is 10.4. The van der Waals surface area contributed by atoms with Crippen molar-refractivity contribution in [2.24, 2.45) is 0 Å². The van der Waals surface area contributed by atoms with Crippen molar-refractivity contribution in [3.63, 3.8) is 0 Å². The van der Waals surface area contributed by atoms with E-state index in [0.717, 1.165) is 12.6 Å². The molecule has 0 radical (unpaired) electrons. The average Bonchev–Trinajstić information content (AvgIpc) is 2.18. The van der Waals surface area contributed by atoms with Gasteiger partial charge in [0.05, 0.1) is 0 Å². The Morgan fingerprint density at radius 1 is 1.50 bits per heavy atom. The first-order valence-electron chi connectivity index (χ1n) is 5.81. The minimum absolute atomic E-state index is 0.697. The van der Waals surface area contributed by atoms with E-state index >= 15 is 0 Å². The fourth-order valence-electron chi connectivity index (χ4n) is 2.13. The normalized spacial score (nSPS) is 26.4. The molecule has 14 heavy (non-hydrogen) atoms. The third kappa shape index (κ3) is 3.44. The third-order valence-electron chi connectivity index (χ3n) is 2.97. The van der Waals surface area contributed by atoms with Gasteiger partial charge in [0.15, 0.2) is 0 Å². The van der Waals surface area contributed by atoms with Crippen LogP contribution in [0.4, 0.5) is 0 Å². The van der Waals surface area contributed by atoms with E-state index in [1.54, 1.807) is 0 Å². The Morgan fingerprint density at radius 2 is 2.29 bits per heavy atom. The van der Waals surface area contributed by atoms with Crippen molar-refractivity contribution in [3.8, 4) is 0 Å². The summed E-state index contributed by atoms with van der Waals surface area (Å²) in [5.41, 5.74) is 0. The summed E-state index contributed by atoms with van der Waals surface area (Å²) in [7, 11) is 2.27. The maximum absolute atomic E-state index is 3.63. The van der Waals surface area contributed by atoms with Gasteiger partial charge in [0.2, 0.25) is 0 Å². The molecule has 1 rings (SSSR count). The van der Waals surface area contributed by atoms with Crippen molar-refractivity contribution in [3.05, 3.63) is 0 Å². The molecule has 1 saturated heterocycles. The van der Waals surface area contributed by atoms with E-state index in [-0.39, 0.29) is 0 Å². The van der Waals surface area contributed by atoms with Gasteiger partial charge in [0.25, 0.3) is 0 Å². The van der Waals surface area contributed by atoms with Crippen LogP contribution in [0.3, 0.4) is 0 Å². The molecule has 0 saturated carbocycles. The van der Waals surface area contributed by atoms with Crippen LogP contribution in [-0.4, -0.2) is 48.6 Å². The fourth-order valence-corrected chi connectivity index (χ4v) is 3.44. The predicted molar refractivity (Wildman–Crippen MR) is 66.1 cm³/mol. The Bertz CT molecular complexity index is 146. The molecule has 0 amide bonds. The van der Waals surface area contributed by atoms with E-state index in [9.17, 15) is 0 Å². The average molecular weight is 216 g/mol. The monoisotopic (exact) mass is 216 g/mol. The van der Waals surface area contributed by atoms with E-state index in [1.165, 1.54) is 30.9 Å². The summed E-state index contributed by atoms with van der Waals surface area (Å²) in [6, 6.07) is 1.44. The second-order valence-electron chi connectivity index (χ2n) is 4.08. The first-order chi connectivity index (χ1) is 6.79. The van der Waals surface area contributed by atoms with Crippen LogP contribution in [0.1, 0.15) is 26.7 Å². The third-order valence-corrected chi connectivity index (χ3v) is 4.02. The molecule has 2 unspecified atom stereocenters. The van der Waals surface area contributed by atoms with Gasteiger partial charge < -0.3 is 10.2 Å². The van der Waals surface area contributed by atoms with Crippen LogP contribution in [0, 0.1) is 0 Å². The largest absolute Gasteiger partial charge is 0.313 e. The lowest BCUT2D eigenvalue weighted by Crippen LogP contribution is -2.52. The highest BCUT2D eigenvalue weighted by atomic mass is 32.2. The molecule has 0 aromatic carbocycles. The highest BCUT2D eigenvalue weighted by Crippen LogP contribution is 2.19. The smallest absolute Gasteiger partial charge is 0.0337 e. The van der Waals surface area contributed by atoms with Gasteiger partial charge in [-0.2, -0.15) is 11.8 Å². The Kier molecular flexibility index (Phi) is 5.90. The molecule has 3 heteroatoms. The molecule has 1 aliphatic rings. The lowest BCUT2D eigenvalue weighted by atomic mass is 10.0. The topological polar surface area (TPSA) is 15.3 Å². The maximum Gasteiger partial charge on any atom is 0.0337 e. The van der Waals surface area contributed by atoms with Gasteiger partial charge in [-0.05, 0) is 20.0 Å². The lowest BCUT2D eigenvalue weighted by molar-refractivity contribution is 0.209. The van der Waals surface area contributed by atoms with Crippen LogP contribution in [0.2, 0.25) is 0 Å². The molecule has 84 valence electrons. The summed E-state index contributed by atoms with van der Waals surface area (Å²) in [6.45, 7) is 6.83. The molecule has 1 N–H and O–H groups in total. The zero-order valence-electron chi connectivity index (χ0n) is 9.75. The van der Waals surface area contributed by atoms with Crippen molar-refractivity contribution in [1.82, 2.24) is 10.2 Å².